The molecular formula is B3F12Ru. The van der Waals surface area contributed by atoms with Crippen molar-refractivity contribution in [1.29, 1.82) is 0 Å². The van der Waals surface area contributed by atoms with Gasteiger partial charge in [-0.25, -0.2) is 0 Å². The Labute approximate surface area is 93.8 Å². The molecule has 0 aliphatic heterocycles. The molecule has 0 aromatic rings. The summed E-state index contributed by atoms with van der Waals surface area (Å²) < 4.78 is 117. The molecule has 16 heavy (non-hydrogen) atoms. The van der Waals surface area contributed by atoms with Gasteiger partial charge in [0.05, 0.1) is 0 Å². The molecule has 0 fully saturated rings. The van der Waals surface area contributed by atoms with Gasteiger partial charge in [-0.05, 0) is 0 Å². The summed E-state index contributed by atoms with van der Waals surface area (Å²) in [5, 5.41) is 0. The first-order valence-electron chi connectivity index (χ1n) is 2.62. The van der Waals surface area contributed by atoms with Crippen LogP contribution in [0.5, 0.6) is 0 Å². The molecule has 101 valence electrons. The maximum atomic E-state index is 9.75. The van der Waals surface area contributed by atoms with Crippen LogP contribution in [0, 0.1) is 0 Å². The van der Waals surface area contributed by atoms with Gasteiger partial charge in [-0.3, -0.25) is 0 Å². The zero-order chi connectivity index (χ0) is 13.5. The largest absolute Gasteiger partial charge is 3.00 e. The van der Waals surface area contributed by atoms with E-state index in [0.29, 0.717) is 0 Å². The van der Waals surface area contributed by atoms with Crippen molar-refractivity contribution in [2.45, 2.75) is 0 Å². The van der Waals surface area contributed by atoms with E-state index in [4.69, 9.17) is 0 Å². The predicted molar refractivity (Wildman–Crippen MR) is 30.6 cm³/mol. The normalized spacial score (nSPS) is 11.2. The molecule has 16 heteroatoms. The van der Waals surface area contributed by atoms with Gasteiger partial charge in [-0.2, -0.15) is 0 Å². The van der Waals surface area contributed by atoms with Gasteiger partial charge in [0.1, 0.15) is 0 Å². The molecule has 0 aromatic carbocycles. The van der Waals surface area contributed by atoms with Crippen LogP contribution >= 0.6 is 0 Å². The Morgan fingerprint density at radius 3 is 0.312 bits per heavy atom. The maximum Gasteiger partial charge on any atom is 3.00 e. The van der Waals surface area contributed by atoms with Gasteiger partial charge < -0.3 is 51.8 Å². The molecule has 0 aliphatic rings. The van der Waals surface area contributed by atoms with E-state index >= 15 is 0 Å². The monoisotopic (exact) mass is 363 g/mol. The first-order chi connectivity index (χ1) is 6.00. The minimum atomic E-state index is -6.00. The van der Waals surface area contributed by atoms with Gasteiger partial charge in [-0.15, -0.1) is 0 Å². The number of rotatable bonds is 0. The van der Waals surface area contributed by atoms with E-state index in [-0.39, 0.29) is 19.5 Å². The van der Waals surface area contributed by atoms with E-state index in [1.165, 1.54) is 0 Å². The maximum absolute atomic E-state index is 9.75. The predicted octanol–water partition coefficient (Wildman–Crippen LogP) is 3.90. The molecular weight excluding hydrogens is 361 g/mol. The molecule has 0 saturated carbocycles. The molecule has 0 heterocycles. The van der Waals surface area contributed by atoms with Crippen LogP contribution in [0.3, 0.4) is 0 Å². The van der Waals surface area contributed by atoms with Crippen molar-refractivity contribution in [3.63, 3.8) is 0 Å². The van der Waals surface area contributed by atoms with Gasteiger partial charge >= 0.3 is 41.2 Å². The molecule has 0 atom stereocenters. The second-order valence-electron chi connectivity index (χ2n) is 1.48. The zero-order valence-corrected chi connectivity index (χ0v) is 8.36. The quantitative estimate of drug-likeness (QED) is 0.453. The summed E-state index contributed by atoms with van der Waals surface area (Å²) in [4.78, 5) is 0. The van der Waals surface area contributed by atoms with Gasteiger partial charge in [0, 0.05) is 0 Å². The van der Waals surface area contributed by atoms with Crippen LogP contribution in [0.2, 0.25) is 0 Å². The third-order valence-electron chi connectivity index (χ3n) is 0. The molecule has 0 aliphatic carbocycles. The Balaban J connectivity index is -0.0000000655. The van der Waals surface area contributed by atoms with Crippen LogP contribution in [0.15, 0.2) is 0 Å². The van der Waals surface area contributed by atoms with Gasteiger partial charge in [0.15, 0.2) is 0 Å². The second kappa shape index (κ2) is 9.05. The van der Waals surface area contributed by atoms with Crippen LogP contribution in [-0.4, -0.2) is 21.8 Å². The summed E-state index contributed by atoms with van der Waals surface area (Å²) in [6, 6.07) is 0. The summed E-state index contributed by atoms with van der Waals surface area (Å²) in [6.07, 6.45) is 0. The first-order valence-corrected chi connectivity index (χ1v) is 2.62. The van der Waals surface area contributed by atoms with Crippen molar-refractivity contribution >= 4 is 21.8 Å². The summed E-state index contributed by atoms with van der Waals surface area (Å²) in [7, 11) is -18.0. The van der Waals surface area contributed by atoms with Crippen molar-refractivity contribution in [1.82, 2.24) is 0 Å². The van der Waals surface area contributed by atoms with Crippen molar-refractivity contribution in [3.8, 4) is 0 Å². The average Bonchev–Trinajstić information content (AvgIpc) is 1.41. The van der Waals surface area contributed by atoms with E-state index in [9.17, 15) is 51.8 Å². The fraction of sp³-hybridized carbons (Fsp3) is 0. The summed E-state index contributed by atoms with van der Waals surface area (Å²) in [5.74, 6) is 0. The fourth-order valence-corrected chi connectivity index (χ4v) is 0. The van der Waals surface area contributed by atoms with Gasteiger partial charge in [0.2, 0.25) is 0 Å². The Morgan fingerprint density at radius 2 is 0.312 bits per heavy atom. The van der Waals surface area contributed by atoms with E-state index in [1.54, 1.807) is 0 Å². The number of hydrogen-bond acceptors (Lipinski definition) is 0. The first kappa shape index (κ1) is 25.0. The van der Waals surface area contributed by atoms with Crippen molar-refractivity contribution < 1.29 is 71.3 Å². The van der Waals surface area contributed by atoms with Crippen LogP contribution in [0.1, 0.15) is 0 Å². The van der Waals surface area contributed by atoms with Crippen LogP contribution in [0.4, 0.5) is 51.8 Å². The molecule has 0 rings (SSSR count). The Bertz CT molecular complexity index is 91.3. The Kier molecular flexibility index (Phi) is 14.1. The van der Waals surface area contributed by atoms with Gasteiger partial charge in [0.25, 0.3) is 0 Å². The molecule has 0 nitrogen and oxygen atoms in total. The molecule has 0 spiro atoms. The van der Waals surface area contributed by atoms with E-state index in [0.717, 1.165) is 0 Å². The van der Waals surface area contributed by atoms with E-state index < -0.39 is 21.8 Å². The molecule has 1 radical (unpaired) electrons. The SMILES string of the molecule is F[B-](F)(F)F.F[B-](F)(F)F.F[B-](F)(F)F.[Ru+3]. The zero-order valence-electron chi connectivity index (χ0n) is 6.62. The minimum Gasteiger partial charge on any atom is -0.418 e. The summed E-state index contributed by atoms with van der Waals surface area (Å²) in [5.41, 5.74) is 0. The standard InChI is InChI=1S/3BF4.Ru/c3*2-1(3,4)5;/q3*-1;+3. The molecule has 0 aromatic heterocycles. The molecule has 0 amide bonds. The van der Waals surface area contributed by atoms with Crippen LogP contribution in [-0.2, 0) is 19.5 Å². The molecule has 0 bridgehead atoms. The van der Waals surface area contributed by atoms with Crippen molar-refractivity contribution in [2.24, 2.45) is 0 Å². The van der Waals surface area contributed by atoms with Gasteiger partial charge in [-0.1, -0.05) is 0 Å². The molecule has 0 unspecified atom stereocenters. The summed E-state index contributed by atoms with van der Waals surface area (Å²) >= 11 is 0. The summed E-state index contributed by atoms with van der Waals surface area (Å²) in [6.45, 7) is 0. The minimum absolute atomic E-state index is 0. The van der Waals surface area contributed by atoms with Crippen LogP contribution in [0.25, 0.3) is 0 Å². The third-order valence-corrected chi connectivity index (χ3v) is 0. The number of hydrogen-bond donors (Lipinski definition) is 0. The fourth-order valence-electron chi connectivity index (χ4n) is 0. The second-order valence-corrected chi connectivity index (χ2v) is 1.48. The van der Waals surface area contributed by atoms with E-state index in [1.807, 2.05) is 0 Å². The van der Waals surface area contributed by atoms with Crippen molar-refractivity contribution in [2.75, 3.05) is 0 Å². The van der Waals surface area contributed by atoms with E-state index in [2.05, 4.69) is 0 Å². The average molecular weight is 361 g/mol. The topological polar surface area (TPSA) is 0 Å². The molecule has 0 saturated heterocycles. The smallest absolute Gasteiger partial charge is 0.418 e. The Hall–Kier alpha value is -0.0218. The Morgan fingerprint density at radius 1 is 0.312 bits per heavy atom. The van der Waals surface area contributed by atoms with Crippen molar-refractivity contribution in [3.05, 3.63) is 0 Å². The molecule has 0 N–H and O–H groups in total. The third kappa shape index (κ3) is 4950000. The number of halogens is 12. The van der Waals surface area contributed by atoms with Crippen LogP contribution < -0.4 is 0 Å².